The van der Waals surface area contributed by atoms with Gasteiger partial charge in [-0.15, -0.1) is 0 Å². The summed E-state index contributed by atoms with van der Waals surface area (Å²) in [6, 6.07) is 15.5. The first-order valence-electron chi connectivity index (χ1n) is 16.3. The maximum atomic E-state index is 13.3. The number of aromatic amines is 1. The minimum Gasteiger partial charge on any atom is -0.379 e. The fourth-order valence-electron chi connectivity index (χ4n) is 6.03. The number of imidazole rings is 1. The molecular formula is C34H44N10O3. The van der Waals surface area contributed by atoms with Gasteiger partial charge in [-0.1, -0.05) is 36.4 Å². The summed E-state index contributed by atoms with van der Waals surface area (Å²) in [4.78, 5) is 40.6. The molecule has 2 saturated heterocycles. The highest BCUT2D eigenvalue weighted by atomic mass is 16.5. The number of nitrogens with two attached hydrogens (primary N) is 1. The van der Waals surface area contributed by atoms with Gasteiger partial charge >= 0.3 is 0 Å². The van der Waals surface area contributed by atoms with E-state index in [1.54, 1.807) is 6.20 Å². The molecule has 4 aromatic rings. The van der Waals surface area contributed by atoms with Crippen molar-refractivity contribution in [3.63, 3.8) is 0 Å². The minimum absolute atomic E-state index is 0.0158. The Bertz CT molecular complexity index is 1700. The van der Waals surface area contributed by atoms with Crippen LogP contribution in [-0.2, 0) is 11.3 Å². The Labute approximate surface area is 274 Å². The lowest BCUT2D eigenvalue weighted by molar-refractivity contribution is 0.0293. The lowest BCUT2D eigenvalue weighted by atomic mass is 10.1. The molecule has 0 spiro atoms. The molecule has 4 heterocycles. The van der Waals surface area contributed by atoms with Crippen molar-refractivity contribution in [2.24, 2.45) is 5.73 Å². The summed E-state index contributed by atoms with van der Waals surface area (Å²) in [6.07, 6.45) is 4.57. The van der Waals surface area contributed by atoms with Crippen LogP contribution in [0.2, 0.25) is 0 Å². The third-order valence-corrected chi connectivity index (χ3v) is 8.84. The zero-order valence-electron chi connectivity index (χ0n) is 26.7. The van der Waals surface area contributed by atoms with Crippen molar-refractivity contribution in [2.45, 2.75) is 13.0 Å². The summed E-state index contributed by atoms with van der Waals surface area (Å²) in [5.74, 6) is 0.500. The van der Waals surface area contributed by atoms with Crippen molar-refractivity contribution in [2.75, 3.05) is 78.7 Å². The number of H-pyrrole nitrogens is 1. The van der Waals surface area contributed by atoms with E-state index in [1.165, 1.54) is 0 Å². The fourth-order valence-corrected chi connectivity index (χ4v) is 6.03. The molecular weight excluding hydrogens is 596 g/mol. The first-order valence-corrected chi connectivity index (χ1v) is 16.3. The van der Waals surface area contributed by atoms with Crippen molar-refractivity contribution in [3.05, 3.63) is 82.4 Å². The van der Waals surface area contributed by atoms with Gasteiger partial charge in [-0.25, -0.2) is 0 Å². The molecule has 47 heavy (non-hydrogen) atoms. The van der Waals surface area contributed by atoms with E-state index in [-0.39, 0.29) is 17.4 Å². The van der Waals surface area contributed by atoms with E-state index >= 15 is 0 Å². The molecule has 6 N–H and O–H groups in total. The first-order chi connectivity index (χ1) is 22.9. The van der Waals surface area contributed by atoms with Gasteiger partial charge in [0, 0.05) is 83.4 Å². The number of carbonyl (C=O) groups is 1. The number of nitrogens with one attached hydrogen (secondary N) is 4. The van der Waals surface area contributed by atoms with Crippen LogP contribution in [0.4, 0.5) is 0 Å². The minimum atomic E-state index is -0.301. The third-order valence-electron chi connectivity index (χ3n) is 8.84. The van der Waals surface area contributed by atoms with Crippen molar-refractivity contribution >= 4 is 17.6 Å². The van der Waals surface area contributed by atoms with Crippen LogP contribution in [0, 0.1) is 5.41 Å². The highest BCUT2D eigenvalue weighted by Crippen LogP contribution is 2.22. The Morgan fingerprint density at radius 1 is 0.894 bits per heavy atom. The zero-order valence-corrected chi connectivity index (χ0v) is 26.7. The summed E-state index contributed by atoms with van der Waals surface area (Å²) in [5.41, 5.74) is 9.80. The molecule has 0 bridgehead atoms. The molecule has 0 unspecified atom stereocenters. The van der Waals surface area contributed by atoms with E-state index in [1.807, 2.05) is 64.0 Å². The number of ether oxygens (including phenoxy) is 1. The van der Waals surface area contributed by atoms with Gasteiger partial charge in [0.15, 0.2) is 5.96 Å². The number of aromatic nitrogens is 3. The molecule has 13 nitrogen and oxygen atoms in total. The molecule has 2 aliphatic rings. The van der Waals surface area contributed by atoms with E-state index in [0.717, 1.165) is 101 Å². The number of guanidine groups is 1. The number of amides is 1. The number of morpholine rings is 1. The van der Waals surface area contributed by atoms with Crippen molar-refractivity contribution in [1.29, 1.82) is 5.41 Å². The monoisotopic (exact) mass is 640 g/mol. The molecule has 0 saturated carbocycles. The van der Waals surface area contributed by atoms with Crippen LogP contribution in [-0.4, -0.2) is 120 Å². The maximum absolute atomic E-state index is 13.3. The number of hydrogen-bond donors (Lipinski definition) is 5. The lowest BCUT2D eigenvalue weighted by Gasteiger charge is -2.36. The van der Waals surface area contributed by atoms with Gasteiger partial charge in [-0.3, -0.25) is 29.2 Å². The average Bonchev–Trinajstić information content (AvgIpc) is 3.52. The van der Waals surface area contributed by atoms with Gasteiger partial charge in [0.2, 0.25) is 5.78 Å². The molecule has 0 aliphatic carbocycles. The van der Waals surface area contributed by atoms with Crippen LogP contribution in [0.15, 0.2) is 65.7 Å². The van der Waals surface area contributed by atoms with Crippen molar-refractivity contribution in [3.8, 4) is 22.4 Å². The maximum Gasteiger partial charge on any atom is 0.282 e. The van der Waals surface area contributed by atoms with Gasteiger partial charge in [0.05, 0.1) is 24.5 Å². The van der Waals surface area contributed by atoms with Crippen LogP contribution < -0.4 is 21.9 Å². The Morgan fingerprint density at radius 3 is 2.28 bits per heavy atom. The standard InChI is InChI=1S/C34H44N10O3/c35-33(36)38-11-1-10-37-22-25-2-4-26(5-3-25)29-23-44-24-30(39-34(44)40-31(29)45)27-6-8-28(9-7-27)32(46)43-16-14-41(15-17-43)12-13-42-18-20-47-21-19-42/h2-9,23-24,37H,1,10-22H2,(H4,35,36,38)(H,39,40,45). The Morgan fingerprint density at radius 2 is 1.57 bits per heavy atom. The number of hydrogen-bond acceptors (Lipinski definition) is 8. The smallest absolute Gasteiger partial charge is 0.282 e. The molecule has 13 heteroatoms. The van der Waals surface area contributed by atoms with Gasteiger partial charge in [0.25, 0.3) is 11.5 Å². The van der Waals surface area contributed by atoms with Crippen molar-refractivity contribution in [1.82, 2.24) is 39.7 Å². The molecule has 2 aromatic carbocycles. The van der Waals surface area contributed by atoms with E-state index in [2.05, 4.69) is 30.4 Å². The topological polar surface area (TPSA) is 160 Å². The summed E-state index contributed by atoms with van der Waals surface area (Å²) < 4.78 is 7.27. The van der Waals surface area contributed by atoms with Crippen LogP contribution in [0.3, 0.4) is 0 Å². The Kier molecular flexibility index (Phi) is 10.6. The number of rotatable bonds is 12. The average molecular weight is 641 g/mol. The second-order valence-electron chi connectivity index (χ2n) is 12.1. The van der Waals surface area contributed by atoms with Crippen LogP contribution in [0.25, 0.3) is 28.2 Å². The second kappa shape index (κ2) is 15.4. The van der Waals surface area contributed by atoms with Crippen LogP contribution >= 0.6 is 0 Å². The predicted molar refractivity (Wildman–Crippen MR) is 183 cm³/mol. The van der Waals surface area contributed by atoms with Gasteiger partial charge in [-0.2, -0.15) is 4.98 Å². The summed E-state index contributed by atoms with van der Waals surface area (Å²) in [7, 11) is 0. The highest BCUT2D eigenvalue weighted by Gasteiger charge is 2.23. The quantitative estimate of drug-likeness (QED) is 0.0877. The van der Waals surface area contributed by atoms with Crippen LogP contribution in [0.5, 0.6) is 0 Å². The molecule has 2 aromatic heterocycles. The zero-order chi connectivity index (χ0) is 32.6. The fraction of sp³-hybridized carbons (Fsp3) is 0.412. The summed E-state index contributed by atoms with van der Waals surface area (Å²) in [5, 5.41) is 13.3. The van der Waals surface area contributed by atoms with Crippen molar-refractivity contribution < 1.29 is 9.53 Å². The molecule has 2 fully saturated rings. The highest BCUT2D eigenvalue weighted by molar-refractivity contribution is 5.94. The van der Waals surface area contributed by atoms with E-state index in [0.29, 0.717) is 30.0 Å². The molecule has 0 atom stereocenters. The molecule has 2 aliphatic heterocycles. The van der Waals surface area contributed by atoms with Gasteiger partial charge in [0.1, 0.15) is 0 Å². The Hall–Kier alpha value is -4.56. The molecule has 1 amide bonds. The summed E-state index contributed by atoms with van der Waals surface area (Å²) >= 11 is 0. The Balaban J connectivity index is 1.03. The third kappa shape index (κ3) is 8.43. The van der Waals surface area contributed by atoms with E-state index in [9.17, 15) is 9.59 Å². The molecule has 248 valence electrons. The molecule has 0 radical (unpaired) electrons. The van der Waals surface area contributed by atoms with E-state index < -0.39 is 0 Å². The first kappa shape index (κ1) is 32.4. The normalized spacial score (nSPS) is 16.0. The second-order valence-corrected chi connectivity index (χ2v) is 12.1. The van der Waals surface area contributed by atoms with Gasteiger partial charge < -0.3 is 31.0 Å². The number of benzene rings is 2. The SMILES string of the molecule is N=C(N)NCCCNCc1ccc(-c2cn3cc(-c4ccc(C(=O)N5CCN(CCN6CCOCC6)CC5)cc4)[nH]c3nc2=O)cc1. The largest absolute Gasteiger partial charge is 0.379 e. The number of fused-ring (bicyclic) bond motifs is 1. The predicted octanol–water partition coefficient (Wildman–Crippen LogP) is 1.41. The van der Waals surface area contributed by atoms with Crippen LogP contribution in [0.1, 0.15) is 22.3 Å². The van der Waals surface area contributed by atoms with E-state index in [4.69, 9.17) is 15.9 Å². The number of carbonyl (C=O) groups excluding carboxylic acids is 1. The number of piperazine rings is 1. The number of nitrogens with zero attached hydrogens (tertiary/aromatic N) is 5. The lowest BCUT2D eigenvalue weighted by Crippen LogP contribution is -2.51. The molecule has 6 rings (SSSR count). The van der Waals surface area contributed by atoms with Gasteiger partial charge in [-0.05, 0) is 41.8 Å². The summed E-state index contributed by atoms with van der Waals surface area (Å²) in [6.45, 7) is 11.1.